The molecule has 152 valence electrons. The van der Waals surface area contributed by atoms with Gasteiger partial charge in [0.1, 0.15) is 11.4 Å². The average Bonchev–Trinajstić information content (AvgIpc) is 2.61. The number of ether oxygens (including phenoxy) is 2. The predicted molar refractivity (Wildman–Crippen MR) is 110 cm³/mol. The van der Waals surface area contributed by atoms with Crippen molar-refractivity contribution in [2.75, 3.05) is 33.8 Å². The minimum Gasteiger partial charge on any atom is -0.497 e. The van der Waals surface area contributed by atoms with Crippen LogP contribution in [-0.2, 0) is 11.2 Å². The van der Waals surface area contributed by atoms with Crippen molar-refractivity contribution in [1.82, 2.24) is 16.0 Å². The number of guanidine groups is 1. The highest BCUT2D eigenvalue weighted by atomic mass is 16.6. The van der Waals surface area contributed by atoms with Crippen molar-refractivity contribution in [3.8, 4) is 5.75 Å². The molecule has 27 heavy (non-hydrogen) atoms. The summed E-state index contributed by atoms with van der Waals surface area (Å²) in [6.07, 6.45) is 2.36. The number of benzene rings is 1. The maximum Gasteiger partial charge on any atom is 0.407 e. The van der Waals surface area contributed by atoms with Gasteiger partial charge in [-0.25, -0.2) is 4.79 Å². The summed E-state index contributed by atoms with van der Waals surface area (Å²) >= 11 is 0. The molecule has 7 heteroatoms. The van der Waals surface area contributed by atoms with Crippen LogP contribution in [0.5, 0.6) is 5.75 Å². The van der Waals surface area contributed by atoms with Gasteiger partial charge in [0.15, 0.2) is 5.96 Å². The van der Waals surface area contributed by atoms with E-state index in [0.29, 0.717) is 13.1 Å². The van der Waals surface area contributed by atoms with Crippen molar-refractivity contribution < 1.29 is 14.3 Å². The van der Waals surface area contributed by atoms with Crippen LogP contribution in [-0.4, -0.2) is 51.4 Å². The van der Waals surface area contributed by atoms with Crippen molar-refractivity contribution in [1.29, 1.82) is 0 Å². The van der Waals surface area contributed by atoms with Gasteiger partial charge in [-0.15, -0.1) is 0 Å². The second-order valence-electron chi connectivity index (χ2n) is 7.16. The van der Waals surface area contributed by atoms with Crippen LogP contribution in [0.4, 0.5) is 4.79 Å². The molecular weight excluding hydrogens is 344 g/mol. The molecule has 7 nitrogen and oxygen atoms in total. The van der Waals surface area contributed by atoms with E-state index in [1.54, 1.807) is 14.2 Å². The summed E-state index contributed by atoms with van der Waals surface area (Å²) in [6, 6.07) is 8.12. The van der Waals surface area contributed by atoms with E-state index in [2.05, 4.69) is 33.1 Å². The Bertz CT molecular complexity index is 597. The zero-order valence-electron chi connectivity index (χ0n) is 17.2. The van der Waals surface area contributed by atoms with Gasteiger partial charge in [-0.3, -0.25) is 4.99 Å². The molecule has 0 unspecified atom stereocenters. The molecule has 3 N–H and O–H groups in total. The van der Waals surface area contributed by atoms with Gasteiger partial charge in [0, 0.05) is 26.7 Å². The minimum atomic E-state index is -0.473. The monoisotopic (exact) mass is 378 g/mol. The highest BCUT2D eigenvalue weighted by Gasteiger charge is 2.15. The lowest BCUT2D eigenvalue weighted by Crippen LogP contribution is -2.39. The third-order valence-corrected chi connectivity index (χ3v) is 3.61. The molecule has 0 heterocycles. The molecule has 0 spiro atoms. The number of alkyl carbamates (subject to hydrolysis) is 1. The Morgan fingerprint density at radius 2 is 1.74 bits per heavy atom. The van der Waals surface area contributed by atoms with E-state index >= 15 is 0 Å². The second kappa shape index (κ2) is 12.0. The fraction of sp³-hybridized carbons (Fsp3) is 0.600. The van der Waals surface area contributed by atoms with Gasteiger partial charge in [-0.05, 0) is 57.7 Å². The number of methoxy groups -OCH3 is 1. The molecule has 0 aliphatic carbocycles. The van der Waals surface area contributed by atoms with Gasteiger partial charge in [0.2, 0.25) is 0 Å². The van der Waals surface area contributed by atoms with E-state index in [9.17, 15) is 4.79 Å². The Hall–Kier alpha value is -2.44. The Kier molecular flexibility index (Phi) is 10.1. The molecule has 0 atom stereocenters. The zero-order valence-corrected chi connectivity index (χ0v) is 17.2. The van der Waals surface area contributed by atoms with Crippen LogP contribution < -0.4 is 20.7 Å². The first kappa shape index (κ1) is 22.6. The van der Waals surface area contributed by atoms with Crippen molar-refractivity contribution >= 4 is 12.1 Å². The lowest BCUT2D eigenvalue weighted by molar-refractivity contribution is 0.0527. The van der Waals surface area contributed by atoms with Gasteiger partial charge in [0.05, 0.1) is 7.11 Å². The van der Waals surface area contributed by atoms with E-state index in [0.717, 1.165) is 37.5 Å². The Morgan fingerprint density at radius 3 is 2.37 bits per heavy atom. The Labute approximate surface area is 162 Å². The molecule has 0 saturated heterocycles. The fourth-order valence-electron chi connectivity index (χ4n) is 2.35. The van der Waals surface area contributed by atoms with Crippen LogP contribution in [0.15, 0.2) is 29.3 Å². The number of rotatable bonds is 9. The molecular formula is C20H34N4O3. The molecule has 1 amide bonds. The van der Waals surface area contributed by atoms with Gasteiger partial charge in [0.25, 0.3) is 0 Å². The molecule has 0 aliphatic rings. The number of nitrogens with zero attached hydrogens (tertiary/aromatic N) is 1. The van der Waals surface area contributed by atoms with Crippen molar-refractivity contribution in [3.63, 3.8) is 0 Å². The molecule has 0 aromatic heterocycles. The number of aryl methyl sites for hydroxylation is 1. The lowest BCUT2D eigenvalue weighted by Gasteiger charge is -2.19. The van der Waals surface area contributed by atoms with Crippen LogP contribution in [0.25, 0.3) is 0 Å². The van der Waals surface area contributed by atoms with E-state index in [-0.39, 0.29) is 6.09 Å². The molecule has 0 saturated carbocycles. The smallest absolute Gasteiger partial charge is 0.407 e. The summed E-state index contributed by atoms with van der Waals surface area (Å²) in [6.45, 7) is 7.63. The standard InChI is InChI=1S/C20H34N4O3/c1-20(2,3)27-19(25)24-14-8-13-23-18(21-4)22-12-7-10-16-9-6-11-17(15-16)26-5/h6,9,11,15H,7-8,10,12-14H2,1-5H3,(H,24,25)(H2,21,22,23). The van der Waals surface area contributed by atoms with E-state index in [1.807, 2.05) is 32.9 Å². The molecule has 0 radical (unpaired) electrons. The SMILES string of the molecule is CN=C(NCCCNC(=O)OC(C)(C)C)NCCCc1cccc(OC)c1. The van der Waals surface area contributed by atoms with E-state index in [4.69, 9.17) is 9.47 Å². The maximum absolute atomic E-state index is 11.5. The quantitative estimate of drug-likeness (QED) is 0.350. The lowest BCUT2D eigenvalue weighted by atomic mass is 10.1. The number of carbonyl (C=O) groups excluding carboxylic acids is 1. The summed E-state index contributed by atoms with van der Waals surface area (Å²) in [5.41, 5.74) is 0.784. The summed E-state index contributed by atoms with van der Waals surface area (Å²) in [4.78, 5) is 15.7. The first-order valence-corrected chi connectivity index (χ1v) is 9.38. The second-order valence-corrected chi connectivity index (χ2v) is 7.16. The summed E-state index contributed by atoms with van der Waals surface area (Å²) < 4.78 is 10.4. The number of nitrogens with one attached hydrogen (secondary N) is 3. The molecule has 0 aliphatic heterocycles. The number of carbonyl (C=O) groups is 1. The third kappa shape index (κ3) is 11.0. The number of hydrogen-bond acceptors (Lipinski definition) is 4. The van der Waals surface area contributed by atoms with Crippen LogP contribution in [0.1, 0.15) is 39.2 Å². The van der Waals surface area contributed by atoms with Gasteiger partial charge < -0.3 is 25.4 Å². The number of aliphatic imine (C=N–C) groups is 1. The molecule has 1 aromatic carbocycles. The number of amides is 1. The van der Waals surface area contributed by atoms with Gasteiger partial charge in [-0.1, -0.05) is 12.1 Å². The molecule has 0 fully saturated rings. The number of hydrogen-bond donors (Lipinski definition) is 3. The molecule has 0 bridgehead atoms. The largest absolute Gasteiger partial charge is 0.497 e. The first-order chi connectivity index (χ1) is 12.8. The van der Waals surface area contributed by atoms with Crippen molar-refractivity contribution in [2.24, 2.45) is 4.99 Å². The normalized spacial score (nSPS) is 11.7. The van der Waals surface area contributed by atoms with E-state index < -0.39 is 5.60 Å². The first-order valence-electron chi connectivity index (χ1n) is 9.38. The summed E-state index contributed by atoms with van der Waals surface area (Å²) in [7, 11) is 3.43. The van der Waals surface area contributed by atoms with Crippen molar-refractivity contribution in [3.05, 3.63) is 29.8 Å². The predicted octanol–water partition coefficient (Wildman–Crippen LogP) is 2.71. The zero-order chi connectivity index (χ0) is 20.1. The summed E-state index contributed by atoms with van der Waals surface area (Å²) in [5.74, 6) is 1.65. The van der Waals surface area contributed by atoms with Gasteiger partial charge in [-0.2, -0.15) is 0 Å². The highest BCUT2D eigenvalue weighted by Crippen LogP contribution is 2.13. The van der Waals surface area contributed by atoms with Crippen LogP contribution in [0, 0.1) is 0 Å². The van der Waals surface area contributed by atoms with E-state index in [1.165, 1.54) is 5.56 Å². The van der Waals surface area contributed by atoms with Crippen LogP contribution >= 0.6 is 0 Å². The Balaban J connectivity index is 2.13. The average molecular weight is 379 g/mol. The molecule has 1 aromatic rings. The minimum absolute atomic E-state index is 0.387. The third-order valence-electron chi connectivity index (χ3n) is 3.61. The molecule has 1 rings (SSSR count). The topological polar surface area (TPSA) is 84.0 Å². The Morgan fingerprint density at radius 1 is 1.07 bits per heavy atom. The van der Waals surface area contributed by atoms with Gasteiger partial charge >= 0.3 is 6.09 Å². The van der Waals surface area contributed by atoms with Crippen LogP contribution in [0.3, 0.4) is 0 Å². The maximum atomic E-state index is 11.5. The highest BCUT2D eigenvalue weighted by molar-refractivity contribution is 5.79. The van der Waals surface area contributed by atoms with Crippen molar-refractivity contribution in [2.45, 2.75) is 45.6 Å². The van der Waals surface area contributed by atoms with Crippen LogP contribution in [0.2, 0.25) is 0 Å². The summed E-state index contributed by atoms with van der Waals surface area (Å²) in [5, 5.41) is 9.27. The fourth-order valence-corrected chi connectivity index (χ4v) is 2.35.